The molecule has 0 aliphatic rings. The molecule has 1 atom stereocenters. The second-order valence-corrected chi connectivity index (χ2v) is 6.05. The van der Waals surface area contributed by atoms with Crippen molar-refractivity contribution in [2.75, 3.05) is 6.54 Å². The molecule has 0 amide bonds. The van der Waals surface area contributed by atoms with Crippen LogP contribution in [0, 0.1) is 0 Å². The van der Waals surface area contributed by atoms with Crippen molar-refractivity contribution in [1.29, 1.82) is 0 Å². The number of hydrogen-bond acceptors (Lipinski definition) is 2. The summed E-state index contributed by atoms with van der Waals surface area (Å²) in [5, 5.41) is 8.50. The Morgan fingerprint density at radius 2 is 2.20 bits per heavy atom. The zero-order chi connectivity index (χ0) is 14.5. The highest BCUT2D eigenvalue weighted by atomic mass is 79.9. The molecule has 0 fully saturated rings. The SMILES string of the molecule is CCNC(CCc1ccnn1C)c1ccc(Cl)cc1Br. The minimum absolute atomic E-state index is 0.307. The summed E-state index contributed by atoms with van der Waals surface area (Å²) in [5.74, 6) is 0. The first-order valence-electron chi connectivity index (χ1n) is 6.77. The maximum atomic E-state index is 6.02. The van der Waals surface area contributed by atoms with Gasteiger partial charge < -0.3 is 5.32 Å². The van der Waals surface area contributed by atoms with Gasteiger partial charge in [-0.15, -0.1) is 0 Å². The van der Waals surface area contributed by atoms with Crippen molar-refractivity contribution in [3.05, 3.63) is 51.2 Å². The van der Waals surface area contributed by atoms with Crippen LogP contribution in [0.5, 0.6) is 0 Å². The van der Waals surface area contributed by atoms with Crippen molar-refractivity contribution >= 4 is 27.5 Å². The second-order valence-electron chi connectivity index (χ2n) is 4.76. The molecule has 2 aromatic rings. The smallest absolute Gasteiger partial charge is 0.0492 e. The topological polar surface area (TPSA) is 29.9 Å². The summed E-state index contributed by atoms with van der Waals surface area (Å²) in [7, 11) is 1.98. The highest BCUT2D eigenvalue weighted by Crippen LogP contribution is 2.29. The van der Waals surface area contributed by atoms with Crippen LogP contribution in [0.25, 0.3) is 0 Å². The molecule has 108 valence electrons. The quantitative estimate of drug-likeness (QED) is 0.844. The van der Waals surface area contributed by atoms with Crippen molar-refractivity contribution < 1.29 is 0 Å². The predicted molar refractivity (Wildman–Crippen MR) is 87.1 cm³/mol. The molecule has 2 rings (SSSR count). The number of halogens is 2. The van der Waals surface area contributed by atoms with Crippen LogP contribution < -0.4 is 5.32 Å². The summed E-state index contributed by atoms with van der Waals surface area (Å²) in [6, 6.07) is 8.35. The molecule has 0 spiro atoms. The molecule has 3 nitrogen and oxygen atoms in total. The molecule has 0 aliphatic carbocycles. The first-order valence-corrected chi connectivity index (χ1v) is 7.94. The Hall–Kier alpha value is -0.840. The van der Waals surface area contributed by atoms with Crippen LogP contribution in [0.4, 0.5) is 0 Å². The number of benzene rings is 1. The van der Waals surface area contributed by atoms with Crippen molar-refractivity contribution in [3.8, 4) is 0 Å². The Morgan fingerprint density at radius 3 is 2.80 bits per heavy atom. The maximum absolute atomic E-state index is 6.02. The summed E-state index contributed by atoms with van der Waals surface area (Å²) in [6.45, 7) is 3.06. The number of rotatable bonds is 6. The van der Waals surface area contributed by atoms with Gasteiger partial charge in [0.25, 0.3) is 0 Å². The van der Waals surface area contributed by atoms with Gasteiger partial charge in [-0.2, -0.15) is 5.10 Å². The lowest BCUT2D eigenvalue weighted by Crippen LogP contribution is -2.22. The molecule has 1 unspecified atom stereocenters. The zero-order valence-electron chi connectivity index (χ0n) is 11.7. The molecule has 0 aliphatic heterocycles. The number of nitrogens with one attached hydrogen (secondary N) is 1. The van der Waals surface area contributed by atoms with Crippen LogP contribution in [0.1, 0.15) is 30.6 Å². The lowest BCUT2D eigenvalue weighted by Gasteiger charge is -2.20. The largest absolute Gasteiger partial charge is 0.310 e. The van der Waals surface area contributed by atoms with E-state index in [9.17, 15) is 0 Å². The second kappa shape index (κ2) is 7.25. The molecule has 0 saturated carbocycles. The third-order valence-corrected chi connectivity index (χ3v) is 4.32. The van der Waals surface area contributed by atoms with Crippen LogP contribution in [-0.4, -0.2) is 16.3 Å². The van der Waals surface area contributed by atoms with Crippen LogP contribution in [-0.2, 0) is 13.5 Å². The molecule has 1 aromatic heterocycles. The van der Waals surface area contributed by atoms with Gasteiger partial charge in [0.1, 0.15) is 0 Å². The summed E-state index contributed by atoms with van der Waals surface area (Å²) in [5.41, 5.74) is 2.50. The van der Waals surface area contributed by atoms with Crippen molar-refractivity contribution in [2.24, 2.45) is 7.05 Å². The van der Waals surface area contributed by atoms with Gasteiger partial charge >= 0.3 is 0 Å². The summed E-state index contributed by atoms with van der Waals surface area (Å²) < 4.78 is 2.99. The third-order valence-electron chi connectivity index (χ3n) is 3.40. The highest BCUT2D eigenvalue weighted by Gasteiger charge is 2.14. The van der Waals surface area contributed by atoms with E-state index in [4.69, 9.17) is 11.6 Å². The molecular weight excluding hydrogens is 338 g/mol. The van der Waals surface area contributed by atoms with E-state index in [-0.39, 0.29) is 0 Å². The lowest BCUT2D eigenvalue weighted by molar-refractivity contribution is 0.504. The van der Waals surface area contributed by atoms with Crippen molar-refractivity contribution in [1.82, 2.24) is 15.1 Å². The van der Waals surface area contributed by atoms with Crippen LogP contribution in [0.2, 0.25) is 5.02 Å². The average Bonchev–Trinajstić information content (AvgIpc) is 2.81. The third kappa shape index (κ3) is 3.84. The molecule has 1 heterocycles. The predicted octanol–water partition coefficient (Wildman–Crippen LogP) is 4.12. The number of aryl methyl sites for hydroxylation is 2. The van der Waals surface area contributed by atoms with E-state index in [0.29, 0.717) is 6.04 Å². The Labute approximate surface area is 133 Å². The van der Waals surface area contributed by atoms with Gasteiger partial charge in [-0.05, 0) is 43.1 Å². The minimum atomic E-state index is 0.307. The van der Waals surface area contributed by atoms with Gasteiger partial charge in [0.05, 0.1) is 0 Å². The Morgan fingerprint density at radius 1 is 1.40 bits per heavy atom. The molecule has 0 bridgehead atoms. The summed E-state index contributed by atoms with van der Waals surface area (Å²) in [4.78, 5) is 0. The van der Waals surface area contributed by atoms with Gasteiger partial charge in [0.2, 0.25) is 0 Å². The van der Waals surface area contributed by atoms with E-state index >= 15 is 0 Å². The standard InChI is InChI=1S/C15H19BrClN3/c1-3-18-15(7-5-12-8-9-19-20(12)2)13-6-4-11(17)10-14(13)16/h4,6,8-10,15,18H,3,5,7H2,1-2H3. The fourth-order valence-corrected chi connectivity index (χ4v) is 3.30. The highest BCUT2D eigenvalue weighted by molar-refractivity contribution is 9.10. The van der Waals surface area contributed by atoms with Gasteiger partial charge in [0, 0.05) is 34.5 Å². The van der Waals surface area contributed by atoms with E-state index in [1.54, 1.807) is 0 Å². The van der Waals surface area contributed by atoms with Gasteiger partial charge in [-0.3, -0.25) is 4.68 Å². The number of nitrogens with zero attached hydrogens (tertiary/aromatic N) is 2. The monoisotopic (exact) mass is 355 g/mol. The van der Waals surface area contributed by atoms with Crippen molar-refractivity contribution in [2.45, 2.75) is 25.8 Å². The van der Waals surface area contributed by atoms with Crippen molar-refractivity contribution in [3.63, 3.8) is 0 Å². The zero-order valence-corrected chi connectivity index (χ0v) is 14.1. The first-order chi connectivity index (χ1) is 9.61. The fourth-order valence-electron chi connectivity index (χ4n) is 2.34. The first kappa shape index (κ1) is 15.5. The normalized spacial score (nSPS) is 12.6. The molecule has 5 heteroatoms. The van der Waals surface area contributed by atoms with Gasteiger partial charge in [0.15, 0.2) is 0 Å². The van der Waals surface area contributed by atoms with Crippen LogP contribution >= 0.6 is 27.5 Å². The maximum Gasteiger partial charge on any atom is 0.0492 e. The summed E-state index contributed by atoms with van der Waals surface area (Å²) >= 11 is 9.62. The summed E-state index contributed by atoms with van der Waals surface area (Å²) in [6.07, 6.45) is 3.85. The number of aromatic nitrogens is 2. The molecule has 0 saturated heterocycles. The van der Waals surface area contributed by atoms with E-state index in [1.807, 2.05) is 30.1 Å². The van der Waals surface area contributed by atoms with E-state index in [2.05, 4.69) is 45.4 Å². The Bertz CT molecular complexity index is 568. The lowest BCUT2D eigenvalue weighted by atomic mass is 10.0. The molecule has 1 N–H and O–H groups in total. The average molecular weight is 357 g/mol. The van der Waals surface area contributed by atoms with Crippen LogP contribution in [0.3, 0.4) is 0 Å². The van der Waals surface area contributed by atoms with E-state index in [1.165, 1.54) is 11.3 Å². The van der Waals surface area contributed by atoms with E-state index < -0.39 is 0 Å². The number of hydrogen-bond donors (Lipinski definition) is 1. The Kier molecular flexibility index (Phi) is 5.64. The molecule has 20 heavy (non-hydrogen) atoms. The Balaban J connectivity index is 2.12. The van der Waals surface area contributed by atoms with Gasteiger partial charge in [-0.25, -0.2) is 0 Å². The van der Waals surface area contributed by atoms with Gasteiger partial charge in [-0.1, -0.05) is 40.5 Å². The minimum Gasteiger partial charge on any atom is -0.310 e. The fraction of sp³-hybridized carbons (Fsp3) is 0.400. The van der Waals surface area contributed by atoms with E-state index in [0.717, 1.165) is 28.9 Å². The molecule has 1 aromatic carbocycles. The molecule has 0 radical (unpaired) electrons. The molecular formula is C15H19BrClN3. The van der Waals surface area contributed by atoms with Crippen LogP contribution in [0.15, 0.2) is 34.9 Å².